The Hall–Kier alpha value is -2.15. The number of anilines is 1. The molecule has 0 aliphatic heterocycles. The minimum atomic E-state index is -1.09. The van der Waals surface area contributed by atoms with Crippen LogP contribution in [0.5, 0.6) is 0 Å². The average molecular weight is 437 g/mol. The Kier molecular flexibility index (Phi) is 5.22. The number of carbonyl (C=O) groups is 2. The summed E-state index contributed by atoms with van der Waals surface area (Å²) >= 11 is 10.3. The molecule has 126 valence electrons. The van der Waals surface area contributed by atoms with E-state index in [1.807, 2.05) is 24.3 Å². The summed E-state index contributed by atoms with van der Waals surface area (Å²) in [7, 11) is 0. The summed E-state index contributed by atoms with van der Waals surface area (Å²) in [6, 6.07) is 13.7. The first-order valence-corrected chi connectivity index (χ1v) is 9.18. The second-order valence-corrected chi connectivity index (χ2v) is 7.36. The van der Waals surface area contributed by atoms with E-state index in [4.69, 9.17) is 11.6 Å². The highest BCUT2D eigenvalue weighted by molar-refractivity contribution is 9.10. The number of thiophene rings is 1. The number of halogens is 2. The minimum absolute atomic E-state index is 0.0784. The Morgan fingerprint density at radius 3 is 2.28 bits per heavy atom. The largest absolute Gasteiger partial charge is 0.478 e. The number of carbonyl (C=O) groups excluding carboxylic acids is 1. The fourth-order valence-corrected chi connectivity index (χ4v) is 3.63. The molecule has 0 saturated carbocycles. The predicted molar refractivity (Wildman–Crippen MR) is 104 cm³/mol. The molecule has 3 rings (SSSR count). The first-order valence-electron chi connectivity index (χ1n) is 7.13. The van der Waals surface area contributed by atoms with Crippen molar-refractivity contribution in [1.82, 2.24) is 0 Å². The summed E-state index contributed by atoms with van der Waals surface area (Å²) < 4.78 is 0.902. The number of benzene rings is 2. The summed E-state index contributed by atoms with van der Waals surface area (Å²) in [5.74, 6) is -1.48. The first kappa shape index (κ1) is 17.7. The lowest BCUT2D eigenvalue weighted by molar-refractivity contribution is 0.0699. The van der Waals surface area contributed by atoms with Gasteiger partial charge in [-0.3, -0.25) is 4.79 Å². The zero-order chi connectivity index (χ0) is 18.0. The minimum Gasteiger partial charge on any atom is -0.478 e. The number of carboxylic acids is 1. The second kappa shape index (κ2) is 7.39. The van der Waals surface area contributed by atoms with E-state index in [9.17, 15) is 14.7 Å². The SMILES string of the molecule is O=C(Nc1scc(-c2ccc(Br)cc2)c1C(=O)O)c1ccc(Cl)cc1. The van der Waals surface area contributed by atoms with Crippen molar-refractivity contribution in [3.63, 3.8) is 0 Å². The van der Waals surface area contributed by atoms with Crippen LogP contribution in [0.15, 0.2) is 58.4 Å². The van der Waals surface area contributed by atoms with Gasteiger partial charge in [0.25, 0.3) is 5.91 Å². The smallest absolute Gasteiger partial charge is 0.339 e. The molecule has 7 heteroatoms. The lowest BCUT2D eigenvalue weighted by Crippen LogP contribution is -2.13. The van der Waals surface area contributed by atoms with Gasteiger partial charge in [-0.05, 0) is 42.0 Å². The Labute approximate surface area is 161 Å². The van der Waals surface area contributed by atoms with E-state index in [2.05, 4.69) is 21.2 Å². The van der Waals surface area contributed by atoms with Gasteiger partial charge in [-0.2, -0.15) is 0 Å². The van der Waals surface area contributed by atoms with Crippen molar-refractivity contribution in [2.24, 2.45) is 0 Å². The summed E-state index contributed by atoms with van der Waals surface area (Å²) in [4.78, 5) is 24.1. The van der Waals surface area contributed by atoms with Gasteiger partial charge in [-0.25, -0.2) is 4.79 Å². The van der Waals surface area contributed by atoms with Gasteiger partial charge in [0.1, 0.15) is 10.6 Å². The Morgan fingerprint density at radius 2 is 1.68 bits per heavy atom. The maximum absolute atomic E-state index is 12.3. The molecule has 0 bridgehead atoms. The van der Waals surface area contributed by atoms with Crippen molar-refractivity contribution in [1.29, 1.82) is 0 Å². The molecule has 0 atom stereocenters. The lowest BCUT2D eigenvalue weighted by atomic mass is 10.0. The van der Waals surface area contributed by atoms with Crippen molar-refractivity contribution in [3.05, 3.63) is 74.5 Å². The van der Waals surface area contributed by atoms with Crippen LogP contribution in [0, 0.1) is 0 Å². The maximum Gasteiger partial charge on any atom is 0.339 e. The highest BCUT2D eigenvalue weighted by Crippen LogP contribution is 2.36. The van der Waals surface area contributed by atoms with Crippen LogP contribution in [0.2, 0.25) is 5.02 Å². The van der Waals surface area contributed by atoms with Gasteiger partial charge in [0.2, 0.25) is 0 Å². The lowest BCUT2D eigenvalue weighted by Gasteiger charge is -2.06. The van der Waals surface area contributed by atoms with Crippen molar-refractivity contribution < 1.29 is 14.7 Å². The number of nitrogens with one attached hydrogen (secondary N) is 1. The maximum atomic E-state index is 12.3. The molecule has 1 aromatic heterocycles. The summed E-state index contributed by atoms with van der Waals surface area (Å²) in [5.41, 5.74) is 1.81. The molecule has 4 nitrogen and oxygen atoms in total. The molecule has 1 heterocycles. The zero-order valence-electron chi connectivity index (χ0n) is 12.6. The van der Waals surface area contributed by atoms with Gasteiger partial charge >= 0.3 is 5.97 Å². The van der Waals surface area contributed by atoms with E-state index in [1.54, 1.807) is 29.6 Å². The molecular weight excluding hydrogens is 426 g/mol. The van der Waals surface area contributed by atoms with E-state index in [0.717, 1.165) is 10.0 Å². The van der Waals surface area contributed by atoms with Crippen LogP contribution >= 0.6 is 38.9 Å². The van der Waals surface area contributed by atoms with Crippen LogP contribution in [-0.4, -0.2) is 17.0 Å². The van der Waals surface area contributed by atoms with Gasteiger partial charge in [0, 0.05) is 26.0 Å². The molecule has 2 aromatic carbocycles. The van der Waals surface area contributed by atoms with E-state index in [-0.39, 0.29) is 11.5 Å². The Morgan fingerprint density at radius 1 is 1.04 bits per heavy atom. The van der Waals surface area contributed by atoms with Gasteiger partial charge in [-0.15, -0.1) is 11.3 Å². The van der Waals surface area contributed by atoms with Crippen LogP contribution in [-0.2, 0) is 0 Å². The summed E-state index contributed by atoms with van der Waals surface area (Å²) in [5, 5.41) is 14.8. The Bertz CT molecular complexity index is 936. The first-order chi connectivity index (χ1) is 12.0. The summed E-state index contributed by atoms with van der Waals surface area (Å²) in [6.07, 6.45) is 0. The van der Waals surface area contributed by atoms with Gasteiger partial charge in [0.15, 0.2) is 0 Å². The van der Waals surface area contributed by atoms with Crippen molar-refractivity contribution in [2.75, 3.05) is 5.32 Å². The molecule has 0 spiro atoms. The normalized spacial score (nSPS) is 10.5. The van der Waals surface area contributed by atoms with Gasteiger partial charge in [-0.1, -0.05) is 39.7 Å². The third-order valence-electron chi connectivity index (χ3n) is 3.49. The molecule has 0 fully saturated rings. The average Bonchev–Trinajstić information content (AvgIpc) is 3.00. The Balaban J connectivity index is 1.94. The van der Waals surface area contributed by atoms with Crippen LogP contribution < -0.4 is 5.32 Å². The summed E-state index contributed by atoms with van der Waals surface area (Å²) in [6.45, 7) is 0. The number of rotatable bonds is 4. The molecular formula is C18H11BrClNO3S. The van der Waals surface area contributed by atoms with Crippen LogP contribution in [0.4, 0.5) is 5.00 Å². The quantitative estimate of drug-likeness (QED) is 0.544. The third kappa shape index (κ3) is 3.92. The third-order valence-corrected chi connectivity index (χ3v) is 5.17. The molecule has 0 saturated heterocycles. The van der Waals surface area contributed by atoms with Crippen molar-refractivity contribution in [3.8, 4) is 11.1 Å². The number of hydrogen-bond acceptors (Lipinski definition) is 3. The molecule has 2 N–H and O–H groups in total. The van der Waals surface area contributed by atoms with E-state index in [0.29, 0.717) is 21.2 Å². The number of aromatic carboxylic acids is 1. The fourth-order valence-electron chi connectivity index (χ4n) is 2.28. The molecule has 0 unspecified atom stereocenters. The highest BCUT2D eigenvalue weighted by Gasteiger charge is 2.21. The topological polar surface area (TPSA) is 66.4 Å². The standard InChI is InChI=1S/C18H11BrClNO3S/c19-12-5-1-10(2-6-12)14-9-25-17(15(14)18(23)24)21-16(22)11-3-7-13(20)8-4-11/h1-9H,(H,21,22)(H,23,24). The van der Waals surface area contributed by atoms with Gasteiger partial charge in [0.05, 0.1) is 0 Å². The van der Waals surface area contributed by atoms with E-state index in [1.165, 1.54) is 11.3 Å². The van der Waals surface area contributed by atoms with Crippen LogP contribution in [0.1, 0.15) is 20.7 Å². The molecule has 0 radical (unpaired) electrons. The molecule has 1 amide bonds. The van der Waals surface area contributed by atoms with Crippen LogP contribution in [0.3, 0.4) is 0 Å². The molecule has 0 aliphatic rings. The second-order valence-electron chi connectivity index (χ2n) is 5.13. The van der Waals surface area contributed by atoms with E-state index < -0.39 is 5.97 Å². The predicted octanol–water partition coefficient (Wildman–Crippen LogP) is 5.78. The number of carboxylic acid groups (broad SMARTS) is 1. The highest BCUT2D eigenvalue weighted by atomic mass is 79.9. The van der Waals surface area contributed by atoms with Crippen molar-refractivity contribution in [2.45, 2.75) is 0 Å². The van der Waals surface area contributed by atoms with Crippen molar-refractivity contribution >= 4 is 55.7 Å². The zero-order valence-corrected chi connectivity index (χ0v) is 15.8. The van der Waals surface area contributed by atoms with Gasteiger partial charge < -0.3 is 10.4 Å². The molecule has 25 heavy (non-hydrogen) atoms. The fraction of sp³-hybridized carbons (Fsp3) is 0. The van der Waals surface area contributed by atoms with E-state index >= 15 is 0 Å². The molecule has 3 aromatic rings. The monoisotopic (exact) mass is 435 g/mol. The van der Waals surface area contributed by atoms with Crippen LogP contribution in [0.25, 0.3) is 11.1 Å². The molecule has 0 aliphatic carbocycles. The number of amides is 1. The number of hydrogen-bond donors (Lipinski definition) is 2.